The van der Waals surface area contributed by atoms with E-state index in [9.17, 15) is 0 Å². The van der Waals surface area contributed by atoms with Gasteiger partial charge in [0, 0.05) is 38.9 Å². The van der Waals surface area contributed by atoms with Gasteiger partial charge in [-0.05, 0) is 69.3 Å². The maximum atomic E-state index is 16.2. The van der Waals surface area contributed by atoms with Crippen molar-refractivity contribution < 1.29 is 9.13 Å². The van der Waals surface area contributed by atoms with E-state index in [0.29, 0.717) is 40.0 Å². The number of nitrogens with zero attached hydrogens (tertiary/aromatic N) is 4. The summed E-state index contributed by atoms with van der Waals surface area (Å²) in [5, 5.41) is 0. The highest BCUT2D eigenvalue weighted by atomic mass is 19.1. The van der Waals surface area contributed by atoms with Gasteiger partial charge in [0.25, 0.3) is 0 Å². The predicted molar refractivity (Wildman–Crippen MR) is 257 cm³/mol. The fraction of sp³-hybridized carbons (Fsp3) is 0.0169. The molecule has 306 valence electrons. The third-order valence-corrected chi connectivity index (χ3v) is 12.0. The minimum absolute atomic E-state index is 0.329. The first kappa shape index (κ1) is 39.1. The molecule has 9 aromatic carbocycles. The van der Waals surface area contributed by atoms with Crippen LogP contribution in [0.25, 0.3) is 83.5 Å². The molecular formula is C59H37FN4O. The van der Waals surface area contributed by atoms with Crippen molar-refractivity contribution in [1.29, 1.82) is 0 Å². The quantitative estimate of drug-likeness (QED) is 0.143. The lowest BCUT2D eigenvalue weighted by atomic mass is 9.75. The number of hydrogen-bond donors (Lipinski definition) is 0. The second-order valence-electron chi connectivity index (χ2n) is 16.0. The molecule has 0 aliphatic carbocycles. The lowest BCUT2D eigenvalue weighted by Crippen LogP contribution is -2.38. The van der Waals surface area contributed by atoms with E-state index in [1.165, 1.54) is 6.07 Å². The van der Waals surface area contributed by atoms with Crippen LogP contribution in [0.3, 0.4) is 0 Å². The molecule has 65 heavy (non-hydrogen) atoms. The zero-order chi connectivity index (χ0) is 43.7. The van der Waals surface area contributed by atoms with Gasteiger partial charge in [-0.25, -0.2) is 24.2 Å². The van der Waals surface area contributed by atoms with E-state index in [1.807, 2.05) is 140 Å². The summed E-state index contributed by atoms with van der Waals surface area (Å²) in [7, 11) is 0. The van der Waals surface area contributed by atoms with Crippen LogP contribution in [0.1, 0.15) is 16.7 Å². The molecule has 11 rings (SSSR count). The number of halogens is 1. The summed E-state index contributed by atoms with van der Waals surface area (Å²) >= 11 is 0. The lowest BCUT2D eigenvalue weighted by Gasteiger charge is -2.41. The number of hydrogen-bond acceptors (Lipinski definition) is 4. The molecule has 0 N–H and O–H groups in total. The Hall–Kier alpha value is -8.79. The molecule has 0 fully saturated rings. The van der Waals surface area contributed by atoms with Gasteiger partial charge < -0.3 is 4.74 Å². The van der Waals surface area contributed by atoms with Gasteiger partial charge >= 0.3 is 0 Å². The molecule has 5 nitrogen and oxygen atoms in total. The molecule has 0 spiro atoms. The molecule has 0 saturated heterocycles. The van der Waals surface area contributed by atoms with Crippen molar-refractivity contribution in [3.63, 3.8) is 0 Å². The van der Waals surface area contributed by atoms with E-state index in [2.05, 4.69) is 77.6 Å². The van der Waals surface area contributed by atoms with Crippen LogP contribution in [0.4, 0.5) is 10.1 Å². The van der Waals surface area contributed by atoms with Crippen LogP contribution >= 0.6 is 0 Å². The van der Waals surface area contributed by atoms with Crippen molar-refractivity contribution in [2.24, 2.45) is 0 Å². The van der Waals surface area contributed by atoms with Crippen LogP contribution < -0.4 is 4.74 Å². The van der Waals surface area contributed by atoms with Crippen LogP contribution in [0.5, 0.6) is 5.75 Å². The van der Waals surface area contributed by atoms with E-state index in [-0.39, 0.29) is 0 Å². The Labute approximate surface area is 376 Å². The number of ether oxygens (including phenoxy) is 1. The summed E-state index contributed by atoms with van der Waals surface area (Å²) < 4.78 is 23.5. The van der Waals surface area contributed by atoms with Crippen LogP contribution in [0.2, 0.25) is 0 Å². The first-order valence-electron chi connectivity index (χ1n) is 21.4. The molecule has 1 aliphatic rings. The highest BCUT2D eigenvalue weighted by Gasteiger charge is 2.44. The third-order valence-electron chi connectivity index (χ3n) is 12.0. The van der Waals surface area contributed by atoms with Crippen LogP contribution in [-0.2, 0) is 5.60 Å². The monoisotopic (exact) mass is 836 g/mol. The van der Waals surface area contributed by atoms with Gasteiger partial charge in [0.15, 0.2) is 28.8 Å². The fourth-order valence-electron chi connectivity index (χ4n) is 8.95. The summed E-state index contributed by atoms with van der Waals surface area (Å²) in [6.45, 7) is 7.40. The maximum absolute atomic E-state index is 16.2. The van der Waals surface area contributed by atoms with E-state index < -0.39 is 11.4 Å². The Morgan fingerprint density at radius 3 is 1.62 bits per heavy atom. The standard InChI is InChI=1S/C59H37FN4O/c1-61-49-31-28-39(29-32-49)41-18-15-19-43(34-41)56-62-57(64-58(63-56)53-26-12-11-24-50(53)40-16-5-2-6-17-40)45-35-44(36-48(60)37-45)42-30-33-52-51-25-13-14-27-54(51)59(65-55(52)38-42,46-20-7-3-8-21-46)47-22-9-4-10-23-47/h2-38H. The van der Waals surface area contributed by atoms with Crippen LogP contribution in [0.15, 0.2) is 224 Å². The molecule has 0 saturated carbocycles. The minimum Gasteiger partial charge on any atom is -0.472 e. The number of rotatable bonds is 8. The van der Waals surface area contributed by atoms with Crippen molar-refractivity contribution in [3.05, 3.63) is 258 Å². The largest absolute Gasteiger partial charge is 0.472 e. The third kappa shape index (κ3) is 7.21. The van der Waals surface area contributed by atoms with Gasteiger partial charge in [-0.1, -0.05) is 194 Å². The van der Waals surface area contributed by atoms with Crippen molar-refractivity contribution in [1.82, 2.24) is 15.0 Å². The highest BCUT2D eigenvalue weighted by Crippen LogP contribution is 2.52. The smallest absolute Gasteiger partial charge is 0.187 e. The summed E-state index contributed by atoms with van der Waals surface area (Å²) in [6.07, 6.45) is 0. The number of fused-ring (bicyclic) bond motifs is 3. The van der Waals surface area contributed by atoms with Crippen LogP contribution in [-0.4, -0.2) is 15.0 Å². The molecule has 0 amide bonds. The Balaban J connectivity index is 1.06. The molecule has 10 aromatic rings. The average Bonchev–Trinajstić information content (AvgIpc) is 3.38. The van der Waals surface area contributed by atoms with E-state index in [0.717, 1.165) is 66.8 Å². The second kappa shape index (κ2) is 16.5. The molecule has 0 radical (unpaired) electrons. The topological polar surface area (TPSA) is 52.3 Å². The zero-order valence-electron chi connectivity index (χ0n) is 34.9. The Kier molecular flexibility index (Phi) is 9.91. The molecule has 6 heteroatoms. The second-order valence-corrected chi connectivity index (χ2v) is 16.0. The van der Waals surface area contributed by atoms with Gasteiger partial charge in [0.2, 0.25) is 0 Å². The number of benzene rings is 9. The van der Waals surface area contributed by atoms with Gasteiger partial charge in [-0.2, -0.15) is 0 Å². The van der Waals surface area contributed by atoms with Crippen molar-refractivity contribution >= 4 is 5.69 Å². The van der Waals surface area contributed by atoms with Crippen LogP contribution in [0, 0.1) is 12.4 Å². The Morgan fingerprint density at radius 1 is 0.385 bits per heavy atom. The minimum atomic E-state index is -0.940. The van der Waals surface area contributed by atoms with E-state index in [1.54, 1.807) is 6.07 Å². The Bertz CT molecular complexity index is 3380. The maximum Gasteiger partial charge on any atom is 0.187 e. The first-order valence-corrected chi connectivity index (χ1v) is 21.4. The lowest BCUT2D eigenvalue weighted by molar-refractivity contribution is 0.152. The average molecular weight is 837 g/mol. The Morgan fingerprint density at radius 2 is 0.908 bits per heavy atom. The summed E-state index contributed by atoms with van der Waals surface area (Å²) in [5.41, 5.74) is 12.1. The highest BCUT2D eigenvalue weighted by molar-refractivity contribution is 5.85. The van der Waals surface area contributed by atoms with Gasteiger partial charge in [0.1, 0.15) is 11.6 Å². The number of aromatic nitrogens is 3. The predicted octanol–water partition coefficient (Wildman–Crippen LogP) is 14.9. The van der Waals surface area contributed by atoms with E-state index >= 15 is 4.39 Å². The molecule has 1 aromatic heterocycles. The molecule has 0 atom stereocenters. The van der Waals surface area contributed by atoms with Gasteiger partial charge in [-0.3, -0.25) is 0 Å². The molecule has 1 aliphatic heterocycles. The summed E-state index contributed by atoms with van der Waals surface area (Å²) in [5.74, 6) is 1.49. The molecule has 2 heterocycles. The van der Waals surface area contributed by atoms with Gasteiger partial charge in [0.05, 0.1) is 6.57 Å². The molecule has 0 unspecified atom stereocenters. The molecule has 0 bridgehead atoms. The molecular weight excluding hydrogens is 800 g/mol. The summed E-state index contributed by atoms with van der Waals surface area (Å²) in [6, 6.07) is 73.7. The van der Waals surface area contributed by atoms with Crippen molar-refractivity contribution in [3.8, 4) is 84.4 Å². The van der Waals surface area contributed by atoms with Crippen molar-refractivity contribution in [2.45, 2.75) is 5.60 Å². The SMILES string of the molecule is [C-]#[N+]c1ccc(-c2cccc(-c3nc(-c4cc(F)cc(-c5ccc6c(c5)OC(c5ccccc5)(c5ccccc5)c5ccccc5-6)c4)nc(-c4ccccc4-c4ccccc4)n3)c2)cc1. The fourth-order valence-corrected chi connectivity index (χ4v) is 8.95. The summed E-state index contributed by atoms with van der Waals surface area (Å²) in [4.78, 5) is 18.8. The normalized spacial score (nSPS) is 12.3. The van der Waals surface area contributed by atoms with E-state index in [4.69, 9.17) is 26.3 Å². The van der Waals surface area contributed by atoms with Gasteiger partial charge in [-0.15, -0.1) is 0 Å². The first-order chi connectivity index (χ1) is 32.0. The zero-order valence-corrected chi connectivity index (χ0v) is 34.9. The van der Waals surface area contributed by atoms with Crippen molar-refractivity contribution in [2.75, 3.05) is 0 Å².